The summed E-state index contributed by atoms with van der Waals surface area (Å²) in [5.74, 6) is -0.518. The van der Waals surface area contributed by atoms with Gasteiger partial charge in [-0.15, -0.1) is 0 Å². The molecule has 0 spiro atoms. The molecule has 2 amide bonds. The van der Waals surface area contributed by atoms with Gasteiger partial charge in [0.05, 0.1) is 30.2 Å². The molecule has 0 aliphatic carbocycles. The summed E-state index contributed by atoms with van der Waals surface area (Å²) in [5.41, 5.74) is 0.175. The SMILES string of the molecule is CCCOc1ccc(C(=O)OCC(=O)N2c3ccccc3NC(=O)C2(C)C)cc1OCC. The molecule has 1 heterocycles. The Kier molecular flexibility index (Phi) is 7.02. The second kappa shape index (κ2) is 9.72. The van der Waals surface area contributed by atoms with Crippen LogP contribution in [0.3, 0.4) is 0 Å². The van der Waals surface area contributed by atoms with Gasteiger partial charge >= 0.3 is 5.97 Å². The molecule has 3 rings (SSSR count). The molecule has 170 valence electrons. The van der Waals surface area contributed by atoms with Crippen molar-refractivity contribution in [1.29, 1.82) is 0 Å². The van der Waals surface area contributed by atoms with E-state index in [2.05, 4.69) is 5.32 Å². The highest BCUT2D eigenvalue weighted by atomic mass is 16.5. The van der Waals surface area contributed by atoms with Gasteiger partial charge in [-0.3, -0.25) is 14.5 Å². The number of benzene rings is 2. The first-order valence-corrected chi connectivity index (χ1v) is 10.6. The molecule has 8 heteroatoms. The zero-order chi connectivity index (χ0) is 23.3. The van der Waals surface area contributed by atoms with Gasteiger partial charge in [0.2, 0.25) is 5.91 Å². The molecule has 1 aliphatic heterocycles. The van der Waals surface area contributed by atoms with Gasteiger partial charge in [0, 0.05) is 0 Å². The van der Waals surface area contributed by atoms with E-state index >= 15 is 0 Å². The molecular formula is C24H28N2O6. The maximum Gasteiger partial charge on any atom is 0.338 e. The van der Waals surface area contributed by atoms with E-state index in [1.165, 1.54) is 11.0 Å². The minimum atomic E-state index is -1.14. The number of para-hydroxylation sites is 2. The highest BCUT2D eigenvalue weighted by molar-refractivity contribution is 6.14. The number of rotatable bonds is 8. The molecule has 0 unspecified atom stereocenters. The number of carbonyl (C=O) groups is 3. The lowest BCUT2D eigenvalue weighted by Crippen LogP contribution is -2.59. The van der Waals surface area contributed by atoms with Gasteiger partial charge < -0.3 is 19.5 Å². The molecular weight excluding hydrogens is 412 g/mol. The first kappa shape index (κ1) is 23.1. The average molecular weight is 440 g/mol. The van der Waals surface area contributed by atoms with Crippen molar-refractivity contribution < 1.29 is 28.6 Å². The Balaban J connectivity index is 1.75. The Bertz CT molecular complexity index is 1020. The van der Waals surface area contributed by atoms with Gasteiger partial charge in [-0.2, -0.15) is 0 Å². The number of esters is 1. The standard InChI is InChI=1S/C24H28N2O6/c1-5-13-31-19-12-11-16(14-20(19)30-6-2)22(28)32-15-21(27)26-18-10-8-7-9-17(18)25-23(29)24(26,3)4/h7-12,14H,5-6,13,15H2,1-4H3,(H,25,29). The van der Waals surface area contributed by atoms with Gasteiger partial charge in [0.1, 0.15) is 5.54 Å². The van der Waals surface area contributed by atoms with E-state index in [1.807, 2.05) is 13.8 Å². The van der Waals surface area contributed by atoms with Crippen LogP contribution in [0.1, 0.15) is 44.5 Å². The van der Waals surface area contributed by atoms with Crippen molar-refractivity contribution in [2.24, 2.45) is 0 Å². The van der Waals surface area contributed by atoms with E-state index < -0.39 is 24.0 Å². The predicted molar refractivity (Wildman–Crippen MR) is 120 cm³/mol. The molecule has 0 fully saturated rings. The molecule has 1 N–H and O–H groups in total. The summed E-state index contributed by atoms with van der Waals surface area (Å²) in [5, 5.41) is 2.80. The Morgan fingerprint density at radius 3 is 2.50 bits per heavy atom. The summed E-state index contributed by atoms with van der Waals surface area (Å²) in [7, 11) is 0. The number of anilines is 2. The lowest BCUT2D eigenvalue weighted by molar-refractivity contribution is -0.128. The molecule has 2 aromatic carbocycles. The van der Waals surface area contributed by atoms with Crippen LogP contribution >= 0.6 is 0 Å². The van der Waals surface area contributed by atoms with Crippen LogP contribution in [0.25, 0.3) is 0 Å². The fourth-order valence-corrected chi connectivity index (χ4v) is 3.41. The first-order chi connectivity index (χ1) is 15.3. The van der Waals surface area contributed by atoms with Crippen LogP contribution in [0.15, 0.2) is 42.5 Å². The Hall–Kier alpha value is -3.55. The molecule has 1 aliphatic rings. The summed E-state index contributed by atoms with van der Waals surface area (Å²) in [4.78, 5) is 39.5. The second-order valence-electron chi connectivity index (χ2n) is 7.78. The van der Waals surface area contributed by atoms with Crippen molar-refractivity contribution in [3.05, 3.63) is 48.0 Å². The summed E-state index contributed by atoms with van der Waals surface area (Å²) in [6, 6.07) is 11.7. The molecule has 0 atom stereocenters. The van der Waals surface area contributed by atoms with Crippen LogP contribution in [0, 0.1) is 0 Å². The summed E-state index contributed by atoms with van der Waals surface area (Å²) in [6.07, 6.45) is 0.839. The lowest BCUT2D eigenvalue weighted by atomic mass is 9.96. The molecule has 0 bridgehead atoms. The number of amides is 2. The van der Waals surface area contributed by atoms with Crippen molar-refractivity contribution in [1.82, 2.24) is 0 Å². The Morgan fingerprint density at radius 2 is 1.78 bits per heavy atom. The number of nitrogens with one attached hydrogen (secondary N) is 1. The van der Waals surface area contributed by atoms with Crippen LogP contribution in [0.2, 0.25) is 0 Å². The van der Waals surface area contributed by atoms with Gasteiger partial charge in [-0.05, 0) is 57.5 Å². The Morgan fingerprint density at radius 1 is 1.03 bits per heavy atom. The molecule has 0 saturated heterocycles. The van der Waals surface area contributed by atoms with Crippen molar-refractivity contribution >= 4 is 29.2 Å². The first-order valence-electron chi connectivity index (χ1n) is 10.6. The molecule has 0 radical (unpaired) electrons. The van der Waals surface area contributed by atoms with Gasteiger partial charge in [0.15, 0.2) is 18.1 Å². The van der Waals surface area contributed by atoms with Gasteiger partial charge in [-0.1, -0.05) is 19.1 Å². The third-order valence-corrected chi connectivity index (χ3v) is 5.02. The predicted octanol–water partition coefficient (Wildman–Crippen LogP) is 3.79. The van der Waals surface area contributed by atoms with E-state index in [0.717, 1.165) is 6.42 Å². The van der Waals surface area contributed by atoms with E-state index in [0.29, 0.717) is 36.1 Å². The zero-order valence-corrected chi connectivity index (χ0v) is 18.8. The molecule has 0 saturated carbocycles. The fraction of sp³-hybridized carbons (Fsp3) is 0.375. The molecule has 0 aromatic heterocycles. The van der Waals surface area contributed by atoms with Crippen LogP contribution in [-0.2, 0) is 14.3 Å². The van der Waals surface area contributed by atoms with Gasteiger partial charge in [-0.25, -0.2) is 4.79 Å². The second-order valence-corrected chi connectivity index (χ2v) is 7.78. The maximum absolute atomic E-state index is 13.0. The fourth-order valence-electron chi connectivity index (χ4n) is 3.41. The van der Waals surface area contributed by atoms with Crippen LogP contribution in [0.5, 0.6) is 11.5 Å². The van der Waals surface area contributed by atoms with Crippen molar-refractivity contribution in [2.75, 3.05) is 30.0 Å². The minimum Gasteiger partial charge on any atom is -0.490 e. The molecule has 2 aromatic rings. The molecule has 8 nitrogen and oxygen atoms in total. The average Bonchev–Trinajstić information content (AvgIpc) is 2.77. The van der Waals surface area contributed by atoms with E-state index in [-0.39, 0.29) is 11.5 Å². The highest BCUT2D eigenvalue weighted by Gasteiger charge is 2.43. The number of carbonyl (C=O) groups excluding carboxylic acids is 3. The number of ether oxygens (including phenoxy) is 3. The smallest absolute Gasteiger partial charge is 0.338 e. The van der Waals surface area contributed by atoms with E-state index in [9.17, 15) is 14.4 Å². The van der Waals surface area contributed by atoms with E-state index in [1.54, 1.807) is 50.2 Å². The number of nitrogens with zero attached hydrogens (tertiary/aromatic N) is 1. The van der Waals surface area contributed by atoms with Crippen molar-refractivity contribution in [3.63, 3.8) is 0 Å². The number of hydrogen-bond donors (Lipinski definition) is 1. The third kappa shape index (κ3) is 4.69. The quantitative estimate of drug-likeness (QED) is 0.628. The maximum atomic E-state index is 13.0. The monoisotopic (exact) mass is 440 g/mol. The molecule has 32 heavy (non-hydrogen) atoms. The van der Waals surface area contributed by atoms with Crippen LogP contribution in [-0.4, -0.2) is 43.1 Å². The number of fused-ring (bicyclic) bond motifs is 1. The third-order valence-electron chi connectivity index (χ3n) is 5.02. The minimum absolute atomic E-state index is 0.237. The Labute approximate surface area is 187 Å². The number of hydrogen-bond acceptors (Lipinski definition) is 6. The highest BCUT2D eigenvalue weighted by Crippen LogP contribution is 2.36. The summed E-state index contributed by atoms with van der Waals surface area (Å²) in [6.45, 7) is 7.53. The van der Waals surface area contributed by atoms with Gasteiger partial charge in [0.25, 0.3) is 5.91 Å². The topological polar surface area (TPSA) is 94.2 Å². The van der Waals surface area contributed by atoms with Crippen LogP contribution in [0.4, 0.5) is 11.4 Å². The summed E-state index contributed by atoms with van der Waals surface area (Å²) >= 11 is 0. The normalized spacial score (nSPS) is 14.2. The van der Waals surface area contributed by atoms with Crippen molar-refractivity contribution in [3.8, 4) is 11.5 Å². The summed E-state index contributed by atoms with van der Waals surface area (Å²) < 4.78 is 16.5. The largest absolute Gasteiger partial charge is 0.490 e. The van der Waals surface area contributed by atoms with Crippen LogP contribution < -0.4 is 19.7 Å². The zero-order valence-electron chi connectivity index (χ0n) is 18.8. The van der Waals surface area contributed by atoms with E-state index in [4.69, 9.17) is 14.2 Å². The lowest BCUT2D eigenvalue weighted by Gasteiger charge is -2.41. The van der Waals surface area contributed by atoms with Crippen molar-refractivity contribution in [2.45, 2.75) is 39.7 Å².